The molecule has 4 aliphatic rings. The summed E-state index contributed by atoms with van der Waals surface area (Å²) < 4.78 is 2.08. The highest BCUT2D eigenvalue weighted by molar-refractivity contribution is 7.99. The Hall–Kier alpha value is -2.15. The van der Waals surface area contributed by atoms with Gasteiger partial charge in [0, 0.05) is 24.7 Å². The number of anilines is 1. The Kier molecular flexibility index (Phi) is 5.40. The highest BCUT2D eigenvalue weighted by Crippen LogP contribution is 2.60. The van der Waals surface area contributed by atoms with E-state index in [1.807, 2.05) is 7.05 Å². The molecule has 0 atom stereocenters. The molecule has 31 heavy (non-hydrogen) atoms. The van der Waals surface area contributed by atoms with Gasteiger partial charge in [0.15, 0.2) is 10.9 Å². The molecule has 0 aliphatic heterocycles. The van der Waals surface area contributed by atoms with Gasteiger partial charge in [-0.25, -0.2) is 0 Å². The Morgan fingerprint density at radius 2 is 1.81 bits per heavy atom. The summed E-state index contributed by atoms with van der Waals surface area (Å²) in [5.41, 5.74) is 1.66. The first-order valence-electron chi connectivity index (χ1n) is 11.3. The number of nitrogens with zero attached hydrogens (tertiary/aromatic N) is 3. The van der Waals surface area contributed by atoms with Gasteiger partial charge in [-0.05, 0) is 80.8 Å². The van der Waals surface area contributed by atoms with Crippen LogP contribution >= 0.6 is 11.8 Å². The third kappa shape index (κ3) is 4.29. The number of hydrogen-bond acceptors (Lipinski definition) is 5. The van der Waals surface area contributed by atoms with Gasteiger partial charge in [0.2, 0.25) is 5.91 Å². The molecule has 0 saturated heterocycles. The number of carbonyl (C=O) groups is 2. The first kappa shape index (κ1) is 20.7. The molecule has 0 radical (unpaired) electrons. The van der Waals surface area contributed by atoms with E-state index in [9.17, 15) is 9.59 Å². The van der Waals surface area contributed by atoms with Crippen molar-refractivity contribution in [3.05, 3.63) is 35.7 Å². The summed E-state index contributed by atoms with van der Waals surface area (Å²) in [7, 11) is 2.02. The Labute approximate surface area is 187 Å². The number of aromatic nitrogens is 3. The van der Waals surface area contributed by atoms with Crippen LogP contribution in [-0.2, 0) is 18.3 Å². The van der Waals surface area contributed by atoms with Gasteiger partial charge in [-0.3, -0.25) is 9.59 Å². The van der Waals surface area contributed by atoms with Gasteiger partial charge in [0.1, 0.15) is 5.82 Å². The van der Waals surface area contributed by atoms with E-state index in [4.69, 9.17) is 0 Å². The maximum absolute atomic E-state index is 12.4. The first-order valence-corrected chi connectivity index (χ1v) is 12.3. The smallest absolute Gasteiger partial charge is 0.234 e. The van der Waals surface area contributed by atoms with Gasteiger partial charge in [0.05, 0.1) is 5.75 Å². The molecule has 4 fully saturated rings. The molecule has 2 aromatic rings. The van der Waals surface area contributed by atoms with Crippen molar-refractivity contribution >= 4 is 29.1 Å². The lowest BCUT2D eigenvalue weighted by atomic mass is 9.49. The van der Waals surface area contributed by atoms with E-state index in [0.29, 0.717) is 16.7 Å². The minimum Gasteiger partial charge on any atom is -0.325 e. The van der Waals surface area contributed by atoms with E-state index in [2.05, 4.69) is 20.1 Å². The summed E-state index contributed by atoms with van der Waals surface area (Å²) in [6, 6.07) is 7.02. The van der Waals surface area contributed by atoms with Crippen molar-refractivity contribution in [1.82, 2.24) is 14.8 Å². The second-order valence-electron chi connectivity index (χ2n) is 10.0. The standard InChI is InChI=1S/C24H30N4O2S/c1-15(29)19-4-3-5-20(9-19)25-22(30)14-31-23-27-26-21(28(23)2)13-24-10-16-6-17(11-24)8-18(7-16)12-24/h3-5,9,16-18H,6-8,10-14H2,1-2H3,(H,25,30). The van der Waals surface area contributed by atoms with Gasteiger partial charge in [-0.15, -0.1) is 10.2 Å². The Bertz CT molecular complexity index is 979. The molecule has 0 unspecified atom stereocenters. The van der Waals surface area contributed by atoms with Crippen LogP contribution in [0.2, 0.25) is 0 Å². The third-order valence-electron chi connectivity index (χ3n) is 7.51. The second kappa shape index (κ2) is 8.08. The zero-order chi connectivity index (χ0) is 21.6. The van der Waals surface area contributed by atoms with E-state index < -0.39 is 0 Å². The molecule has 4 saturated carbocycles. The van der Waals surface area contributed by atoms with Gasteiger partial charge in [0.25, 0.3) is 0 Å². The zero-order valence-electron chi connectivity index (χ0n) is 18.3. The largest absolute Gasteiger partial charge is 0.325 e. The van der Waals surface area contributed by atoms with Gasteiger partial charge in [-0.2, -0.15) is 0 Å². The van der Waals surface area contributed by atoms with Crippen molar-refractivity contribution in [2.24, 2.45) is 30.2 Å². The lowest BCUT2D eigenvalue weighted by molar-refractivity contribution is -0.113. The number of carbonyl (C=O) groups excluding carboxylic acids is 2. The molecule has 0 spiro atoms. The van der Waals surface area contributed by atoms with Crippen molar-refractivity contribution < 1.29 is 9.59 Å². The lowest BCUT2D eigenvalue weighted by Gasteiger charge is -2.56. The maximum Gasteiger partial charge on any atom is 0.234 e. The van der Waals surface area contributed by atoms with Crippen LogP contribution in [0, 0.1) is 23.2 Å². The number of benzene rings is 1. The summed E-state index contributed by atoms with van der Waals surface area (Å²) in [5, 5.41) is 12.5. The fraction of sp³-hybridized carbons (Fsp3) is 0.583. The second-order valence-corrected chi connectivity index (χ2v) is 11.0. The van der Waals surface area contributed by atoms with Crippen LogP contribution in [0.1, 0.15) is 61.6 Å². The fourth-order valence-electron chi connectivity index (χ4n) is 6.61. The predicted octanol–water partition coefficient (Wildman–Crippen LogP) is 4.51. The molecule has 1 aromatic carbocycles. The Balaban J connectivity index is 1.19. The van der Waals surface area contributed by atoms with E-state index in [0.717, 1.165) is 35.2 Å². The molecule has 1 amide bonds. The normalized spacial score (nSPS) is 28.6. The molecule has 1 heterocycles. The summed E-state index contributed by atoms with van der Waals surface area (Å²) in [5.74, 6) is 3.97. The van der Waals surface area contributed by atoms with Crippen molar-refractivity contribution in [1.29, 1.82) is 0 Å². The number of rotatable bonds is 7. The number of ketones is 1. The zero-order valence-corrected chi connectivity index (χ0v) is 19.1. The summed E-state index contributed by atoms with van der Waals surface area (Å²) in [6.07, 6.45) is 9.43. The molecule has 1 aromatic heterocycles. The Morgan fingerprint density at radius 1 is 1.13 bits per heavy atom. The summed E-state index contributed by atoms with van der Waals surface area (Å²) in [6.45, 7) is 1.52. The minimum absolute atomic E-state index is 0.0175. The predicted molar refractivity (Wildman–Crippen MR) is 121 cm³/mol. The number of Topliss-reactive ketones (excluding diaryl/α,β-unsaturated/α-hetero) is 1. The van der Waals surface area contributed by atoms with E-state index >= 15 is 0 Å². The average molecular weight is 439 g/mol. The SMILES string of the molecule is CC(=O)c1cccc(NC(=O)CSc2nnc(CC34CC5CC(CC(C5)C3)C4)n2C)c1. The quantitative estimate of drug-likeness (QED) is 0.508. The average Bonchev–Trinajstić information content (AvgIpc) is 3.04. The highest BCUT2D eigenvalue weighted by atomic mass is 32.2. The lowest BCUT2D eigenvalue weighted by Crippen LogP contribution is -2.47. The molecule has 6 rings (SSSR count). The topological polar surface area (TPSA) is 76.9 Å². The highest BCUT2D eigenvalue weighted by Gasteiger charge is 2.51. The van der Waals surface area contributed by atoms with Gasteiger partial charge < -0.3 is 9.88 Å². The number of hydrogen-bond donors (Lipinski definition) is 1. The van der Waals surface area contributed by atoms with E-state index in [1.165, 1.54) is 57.2 Å². The monoisotopic (exact) mass is 438 g/mol. The van der Waals surface area contributed by atoms with Crippen LogP contribution < -0.4 is 5.32 Å². The molecule has 7 heteroatoms. The molecule has 4 aliphatic carbocycles. The fourth-order valence-corrected chi connectivity index (χ4v) is 7.34. The number of thioether (sulfide) groups is 1. The number of amides is 1. The van der Waals surface area contributed by atoms with Gasteiger partial charge >= 0.3 is 0 Å². The van der Waals surface area contributed by atoms with Crippen molar-refractivity contribution in [3.8, 4) is 0 Å². The van der Waals surface area contributed by atoms with Crippen molar-refractivity contribution in [2.75, 3.05) is 11.1 Å². The molecular formula is C24H30N4O2S. The maximum atomic E-state index is 12.4. The number of nitrogens with one attached hydrogen (secondary N) is 1. The third-order valence-corrected chi connectivity index (χ3v) is 8.53. The first-order chi connectivity index (χ1) is 14.9. The van der Waals surface area contributed by atoms with Crippen LogP contribution in [0.3, 0.4) is 0 Å². The van der Waals surface area contributed by atoms with Gasteiger partial charge in [-0.1, -0.05) is 23.9 Å². The van der Waals surface area contributed by atoms with Crippen LogP contribution in [0.15, 0.2) is 29.4 Å². The van der Waals surface area contributed by atoms with Crippen LogP contribution in [0.4, 0.5) is 5.69 Å². The van der Waals surface area contributed by atoms with Crippen molar-refractivity contribution in [3.63, 3.8) is 0 Å². The Morgan fingerprint density at radius 3 is 2.45 bits per heavy atom. The minimum atomic E-state index is -0.115. The van der Waals surface area contributed by atoms with E-state index in [1.54, 1.807) is 24.3 Å². The summed E-state index contributed by atoms with van der Waals surface area (Å²) in [4.78, 5) is 23.9. The summed E-state index contributed by atoms with van der Waals surface area (Å²) >= 11 is 1.41. The van der Waals surface area contributed by atoms with Crippen molar-refractivity contribution in [2.45, 2.75) is 57.0 Å². The van der Waals surface area contributed by atoms with Crippen LogP contribution in [-0.4, -0.2) is 32.2 Å². The molecule has 164 valence electrons. The molecular weight excluding hydrogens is 408 g/mol. The van der Waals surface area contributed by atoms with E-state index in [-0.39, 0.29) is 17.4 Å². The van der Waals surface area contributed by atoms with Crippen LogP contribution in [0.5, 0.6) is 0 Å². The molecule has 1 N–H and O–H groups in total. The van der Waals surface area contributed by atoms with Crippen LogP contribution in [0.25, 0.3) is 0 Å². The molecule has 6 nitrogen and oxygen atoms in total. The molecule has 4 bridgehead atoms.